The lowest BCUT2D eigenvalue weighted by Crippen LogP contribution is -2.10. The Hall–Kier alpha value is -4.02. The molecule has 0 unspecified atom stereocenters. The number of aromatic nitrogens is 2. The van der Waals surface area contributed by atoms with E-state index in [1.807, 2.05) is 0 Å². The van der Waals surface area contributed by atoms with Crippen LogP contribution in [0.5, 0.6) is 5.75 Å². The number of ether oxygens (including phenoxy) is 2. The Morgan fingerprint density at radius 2 is 1.89 bits per heavy atom. The SMILES string of the molecule is [C-]#[N+]c1nc(Cc2cc(Nc3ccc(F)cc3S(C)(=O)=O)c3c(n2)CC(C(F)F)=N3)ccc1OCCOC. The summed E-state index contributed by atoms with van der Waals surface area (Å²) in [5.41, 5.74) is 1.21. The summed E-state index contributed by atoms with van der Waals surface area (Å²) in [4.78, 5) is 15.9. The van der Waals surface area contributed by atoms with Crippen molar-refractivity contribution in [3.8, 4) is 5.75 Å². The summed E-state index contributed by atoms with van der Waals surface area (Å²) in [7, 11) is -2.30. The van der Waals surface area contributed by atoms with Gasteiger partial charge in [0.2, 0.25) is 0 Å². The normalized spacial score (nSPS) is 12.7. The number of methoxy groups -OCH3 is 1. The molecule has 0 amide bonds. The summed E-state index contributed by atoms with van der Waals surface area (Å²) in [6, 6.07) is 8.00. The molecule has 38 heavy (non-hydrogen) atoms. The average Bonchev–Trinajstić information content (AvgIpc) is 3.30. The third-order valence-electron chi connectivity index (χ3n) is 5.50. The molecule has 3 aromatic rings. The molecular formula is C25H22F3N5O4S. The molecule has 0 saturated heterocycles. The number of hydrogen-bond acceptors (Lipinski definition) is 8. The predicted octanol–water partition coefficient (Wildman–Crippen LogP) is 4.82. The topological polar surface area (TPSA) is 107 Å². The van der Waals surface area contributed by atoms with Crippen LogP contribution in [0.2, 0.25) is 0 Å². The van der Waals surface area contributed by atoms with Crippen molar-refractivity contribution in [1.82, 2.24) is 9.97 Å². The van der Waals surface area contributed by atoms with Crippen LogP contribution < -0.4 is 10.1 Å². The minimum atomic E-state index is -3.83. The lowest BCUT2D eigenvalue weighted by atomic mass is 10.1. The van der Waals surface area contributed by atoms with Crippen LogP contribution in [-0.4, -0.2) is 57.1 Å². The lowest BCUT2D eigenvalue weighted by Gasteiger charge is -2.14. The Bertz CT molecular complexity index is 1560. The van der Waals surface area contributed by atoms with Gasteiger partial charge in [-0.1, -0.05) is 6.57 Å². The van der Waals surface area contributed by atoms with E-state index in [0.717, 1.165) is 18.4 Å². The lowest BCUT2D eigenvalue weighted by molar-refractivity contribution is 0.146. The van der Waals surface area contributed by atoms with Crippen molar-refractivity contribution in [2.45, 2.75) is 24.2 Å². The molecule has 1 aliphatic rings. The van der Waals surface area contributed by atoms with Gasteiger partial charge in [-0.2, -0.15) is 0 Å². The Morgan fingerprint density at radius 1 is 1.11 bits per heavy atom. The van der Waals surface area contributed by atoms with Crippen LogP contribution in [0.25, 0.3) is 4.85 Å². The summed E-state index contributed by atoms with van der Waals surface area (Å²) in [6.07, 6.45) is -1.92. The van der Waals surface area contributed by atoms with Gasteiger partial charge in [0, 0.05) is 19.8 Å². The number of fused-ring (bicyclic) bond motifs is 1. The van der Waals surface area contributed by atoms with Gasteiger partial charge in [0.05, 0.1) is 46.4 Å². The van der Waals surface area contributed by atoms with Crippen molar-refractivity contribution in [3.63, 3.8) is 0 Å². The summed E-state index contributed by atoms with van der Waals surface area (Å²) >= 11 is 0. The maximum absolute atomic E-state index is 13.8. The predicted molar refractivity (Wildman–Crippen MR) is 135 cm³/mol. The van der Waals surface area contributed by atoms with E-state index in [-0.39, 0.29) is 58.6 Å². The van der Waals surface area contributed by atoms with Gasteiger partial charge in [0.25, 0.3) is 6.43 Å². The molecule has 0 fully saturated rings. The van der Waals surface area contributed by atoms with E-state index in [2.05, 4.69) is 25.1 Å². The first-order chi connectivity index (χ1) is 18.1. The Morgan fingerprint density at radius 3 is 2.58 bits per heavy atom. The second kappa shape index (κ2) is 11.2. The first kappa shape index (κ1) is 27.0. The van der Waals surface area contributed by atoms with Gasteiger partial charge in [0.1, 0.15) is 29.6 Å². The molecule has 0 aliphatic carbocycles. The molecule has 198 valence electrons. The number of rotatable bonds is 10. The standard InChI is InChI=1S/C25H22F3N5O4S/c1-29-25-21(37-9-8-36-2)7-5-15(31-25)11-16-12-18(23-19(30-16)13-20(33-23)24(27)28)32-17-6-4-14(26)10-22(17)38(3,34)35/h4-7,10,12,24H,8-9,11,13H2,2-3H3,(H,30,32). The highest BCUT2D eigenvalue weighted by Crippen LogP contribution is 2.39. The molecule has 1 N–H and O–H groups in total. The number of anilines is 2. The number of pyridine rings is 2. The van der Waals surface area contributed by atoms with E-state index in [9.17, 15) is 21.6 Å². The summed E-state index contributed by atoms with van der Waals surface area (Å²) in [6.45, 7) is 7.99. The number of hydrogen-bond donors (Lipinski definition) is 1. The van der Waals surface area contributed by atoms with Gasteiger partial charge in [-0.3, -0.25) is 4.98 Å². The van der Waals surface area contributed by atoms with Crippen LogP contribution >= 0.6 is 0 Å². The van der Waals surface area contributed by atoms with Crippen molar-refractivity contribution < 1.29 is 31.1 Å². The Kier molecular flexibility index (Phi) is 7.94. The Balaban J connectivity index is 1.71. The molecule has 4 rings (SSSR count). The summed E-state index contributed by atoms with van der Waals surface area (Å²) in [5.74, 6) is -0.402. The van der Waals surface area contributed by atoms with Crippen LogP contribution in [0.15, 0.2) is 46.3 Å². The Labute approximate surface area is 217 Å². The quantitative estimate of drug-likeness (QED) is 0.287. The van der Waals surface area contributed by atoms with E-state index in [1.54, 1.807) is 12.1 Å². The maximum Gasteiger partial charge on any atom is 0.312 e. The van der Waals surface area contributed by atoms with Crippen LogP contribution in [0.1, 0.15) is 17.1 Å². The van der Waals surface area contributed by atoms with Crippen LogP contribution in [-0.2, 0) is 27.4 Å². The molecule has 1 aliphatic heterocycles. The molecule has 3 heterocycles. The second-order valence-electron chi connectivity index (χ2n) is 8.33. The van der Waals surface area contributed by atoms with E-state index in [4.69, 9.17) is 16.0 Å². The monoisotopic (exact) mass is 545 g/mol. The highest BCUT2D eigenvalue weighted by molar-refractivity contribution is 7.90. The fourth-order valence-corrected chi connectivity index (χ4v) is 4.65. The first-order valence-electron chi connectivity index (χ1n) is 11.2. The number of sulfone groups is 1. The van der Waals surface area contributed by atoms with Crippen molar-refractivity contribution in [3.05, 3.63) is 70.7 Å². The zero-order valence-electron chi connectivity index (χ0n) is 20.3. The number of nitrogens with one attached hydrogen (secondary N) is 1. The fourth-order valence-electron chi connectivity index (χ4n) is 3.80. The van der Waals surface area contributed by atoms with Crippen molar-refractivity contribution in [1.29, 1.82) is 0 Å². The number of aliphatic imine (C=N–C) groups is 1. The largest absolute Gasteiger partial charge is 0.500 e. The van der Waals surface area contributed by atoms with Gasteiger partial charge in [-0.15, -0.1) is 4.98 Å². The van der Waals surface area contributed by atoms with E-state index in [1.165, 1.54) is 19.2 Å². The molecule has 0 bridgehead atoms. The van der Waals surface area contributed by atoms with Crippen LogP contribution in [0, 0.1) is 12.4 Å². The minimum Gasteiger partial charge on any atom is -0.500 e. The summed E-state index contributed by atoms with van der Waals surface area (Å²) in [5, 5.41) is 2.91. The molecule has 13 heteroatoms. The number of benzene rings is 1. The van der Waals surface area contributed by atoms with Crippen LogP contribution in [0.3, 0.4) is 0 Å². The van der Waals surface area contributed by atoms with E-state index < -0.39 is 22.1 Å². The minimum absolute atomic E-state index is 0.0468. The number of nitrogens with zero attached hydrogens (tertiary/aromatic N) is 4. The fraction of sp³-hybridized carbons (Fsp3) is 0.280. The average molecular weight is 546 g/mol. The van der Waals surface area contributed by atoms with Gasteiger partial charge >= 0.3 is 5.82 Å². The third kappa shape index (κ3) is 6.09. The maximum atomic E-state index is 13.8. The van der Waals surface area contributed by atoms with Crippen molar-refractivity contribution in [2.24, 2.45) is 4.99 Å². The molecule has 0 saturated carbocycles. The highest BCUT2D eigenvalue weighted by atomic mass is 32.2. The molecule has 0 atom stereocenters. The van der Waals surface area contributed by atoms with Gasteiger partial charge in [-0.05, 0) is 36.4 Å². The zero-order chi connectivity index (χ0) is 27.4. The zero-order valence-corrected chi connectivity index (χ0v) is 21.2. The van der Waals surface area contributed by atoms with Crippen molar-refractivity contribution >= 4 is 38.4 Å². The third-order valence-corrected chi connectivity index (χ3v) is 6.63. The van der Waals surface area contributed by atoms with Crippen LogP contribution in [0.4, 0.5) is 36.1 Å². The molecule has 9 nitrogen and oxygen atoms in total. The van der Waals surface area contributed by atoms with E-state index >= 15 is 0 Å². The first-order valence-corrected chi connectivity index (χ1v) is 13.1. The number of alkyl halides is 2. The highest BCUT2D eigenvalue weighted by Gasteiger charge is 2.27. The van der Waals surface area contributed by atoms with Gasteiger partial charge < -0.3 is 19.6 Å². The van der Waals surface area contributed by atoms with Gasteiger partial charge in [-0.25, -0.2) is 26.6 Å². The van der Waals surface area contributed by atoms with E-state index in [0.29, 0.717) is 23.7 Å². The number of halogens is 3. The van der Waals surface area contributed by atoms with Gasteiger partial charge in [0.15, 0.2) is 9.84 Å². The molecule has 0 radical (unpaired) electrons. The molecular weight excluding hydrogens is 523 g/mol. The molecule has 2 aromatic heterocycles. The second-order valence-corrected chi connectivity index (χ2v) is 10.3. The molecule has 0 spiro atoms. The summed E-state index contributed by atoms with van der Waals surface area (Å²) < 4.78 is 75.7. The van der Waals surface area contributed by atoms with Crippen molar-refractivity contribution in [2.75, 3.05) is 31.9 Å². The smallest absolute Gasteiger partial charge is 0.312 e. The molecule has 1 aromatic carbocycles.